The minimum Gasteiger partial charge on any atom is -0.396 e. The van der Waals surface area contributed by atoms with Crippen molar-refractivity contribution in [3.8, 4) is 0 Å². The second kappa shape index (κ2) is 21.0. The lowest BCUT2D eigenvalue weighted by Crippen LogP contribution is -1.93. The van der Waals surface area contributed by atoms with Crippen molar-refractivity contribution in [3.63, 3.8) is 0 Å². The first-order valence-corrected chi connectivity index (χ1v) is 11.8. The van der Waals surface area contributed by atoms with Crippen molar-refractivity contribution < 1.29 is 10.2 Å². The van der Waals surface area contributed by atoms with Gasteiger partial charge in [-0.3, -0.25) is 0 Å². The third kappa shape index (κ3) is 21.0. The van der Waals surface area contributed by atoms with E-state index in [1.807, 2.05) is 0 Å². The summed E-state index contributed by atoms with van der Waals surface area (Å²) >= 11 is 6.25. The third-order valence-corrected chi connectivity index (χ3v) is 6.78. The summed E-state index contributed by atoms with van der Waals surface area (Å²) in [7, 11) is 0. The van der Waals surface area contributed by atoms with Gasteiger partial charge in [0.15, 0.2) is 0 Å². The van der Waals surface area contributed by atoms with Gasteiger partial charge in [0.25, 0.3) is 0 Å². The quantitative estimate of drug-likeness (QED) is 0.359. The standard InChI is InChI=1S/C16H34O2S3/c17-9-5-1-3-7-11-19-13-15-21-16-14-20-12-8-4-2-6-10-18/h17-18H,1-16H2. The summed E-state index contributed by atoms with van der Waals surface area (Å²) in [5, 5.41) is 17.3. The van der Waals surface area contributed by atoms with Crippen molar-refractivity contribution in [2.75, 3.05) is 47.7 Å². The van der Waals surface area contributed by atoms with E-state index in [1.165, 1.54) is 73.0 Å². The molecular formula is C16H34O2S3. The summed E-state index contributed by atoms with van der Waals surface area (Å²) in [4.78, 5) is 0. The van der Waals surface area contributed by atoms with Gasteiger partial charge in [-0.2, -0.15) is 35.3 Å². The van der Waals surface area contributed by atoms with Crippen LogP contribution in [0.3, 0.4) is 0 Å². The molecule has 0 aliphatic heterocycles. The van der Waals surface area contributed by atoms with Crippen LogP contribution >= 0.6 is 35.3 Å². The molecule has 0 amide bonds. The van der Waals surface area contributed by atoms with Crippen LogP contribution in [-0.2, 0) is 0 Å². The molecule has 0 saturated carbocycles. The smallest absolute Gasteiger partial charge is 0.0431 e. The van der Waals surface area contributed by atoms with Crippen molar-refractivity contribution in [2.45, 2.75) is 51.4 Å². The first kappa shape index (κ1) is 22.0. The molecular weight excluding hydrogens is 320 g/mol. The van der Waals surface area contributed by atoms with Crippen LogP contribution in [0.4, 0.5) is 0 Å². The fourth-order valence-electron chi connectivity index (χ4n) is 1.88. The van der Waals surface area contributed by atoms with Gasteiger partial charge in [-0.15, -0.1) is 0 Å². The van der Waals surface area contributed by atoms with E-state index >= 15 is 0 Å². The van der Waals surface area contributed by atoms with Crippen molar-refractivity contribution in [1.29, 1.82) is 0 Å². The first-order valence-electron chi connectivity index (χ1n) is 8.36. The summed E-state index contributed by atoms with van der Waals surface area (Å²) < 4.78 is 0. The largest absolute Gasteiger partial charge is 0.396 e. The normalized spacial score (nSPS) is 11.1. The Morgan fingerprint density at radius 2 is 0.714 bits per heavy atom. The Balaban J connectivity index is 2.90. The zero-order chi connectivity index (χ0) is 15.4. The van der Waals surface area contributed by atoms with Gasteiger partial charge in [0, 0.05) is 36.2 Å². The number of hydrogen-bond acceptors (Lipinski definition) is 5. The molecule has 2 N–H and O–H groups in total. The number of aliphatic hydroxyl groups is 2. The van der Waals surface area contributed by atoms with Gasteiger partial charge in [-0.1, -0.05) is 25.7 Å². The molecule has 0 saturated heterocycles. The highest BCUT2D eigenvalue weighted by Crippen LogP contribution is 2.13. The van der Waals surface area contributed by atoms with Gasteiger partial charge in [-0.25, -0.2) is 0 Å². The molecule has 0 fully saturated rings. The zero-order valence-corrected chi connectivity index (χ0v) is 15.9. The van der Waals surface area contributed by atoms with E-state index in [9.17, 15) is 0 Å². The second-order valence-electron chi connectivity index (χ2n) is 5.11. The van der Waals surface area contributed by atoms with Gasteiger partial charge in [-0.05, 0) is 37.2 Å². The summed E-state index contributed by atoms with van der Waals surface area (Å²) in [5.74, 6) is 7.73. The van der Waals surface area contributed by atoms with Crippen LogP contribution in [0.2, 0.25) is 0 Å². The molecule has 0 unspecified atom stereocenters. The van der Waals surface area contributed by atoms with Crippen molar-refractivity contribution in [2.24, 2.45) is 0 Å². The lowest BCUT2D eigenvalue weighted by atomic mass is 10.2. The second-order valence-corrected chi connectivity index (χ2v) is 8.79. The van der Waals surface area contributed by atoms with Gasteiger partial charge in [0.1, 0.15) is 0 Å². The molecule has 5 heteroatoms. The molecule has 0 radical (unpaired) electrons. The Morgan fingerprint density at radius 3 is 1.10 bits per heavy atom. The Hall–Kier alpha value is 0.970. The van der Waals surface area contributed by atoms with Crippen molar-refractivity contribution in [1.82, 2.24) is 0 Å². The summed E-state index contributed by atoms with van der Waals surface area (Å²) in [6.45, 7) is 0.703. The van der Waals surface area contributed by atoms with Gasteiger partial charge in [0.05, 0.1) is 0 Å². The molecule has 21 heavy (non-hydrogen) atoms. The molecule has 0 aromatic heterocycles. The highest BCUT2D eigenvalue weighted by atomic mass is 32.2. The molecule has 0 rings (SSSR count). The van der Waals surface area contributed by atoms with Crippen LogP contribution in [0.15, 0.2) is 0 Å². The van der Waals surface area contributed by atoms with E-state index in [0.29, 0.717) is 13.2 Å². The van der Waals surface area contributed by atoms with E-state index in [1.54, 1.807) is 0 Å². The molecule has 0 aliphatic carbocycles. The summed E-state index contributed by atoms with van der Waals surface area (Å²) in [6, 6.07) is 0. The number of aliphatic hydroxyl groups excluding tert-OH is 2. The van der Waals surface area contributed by atoms with E-state index in [4.69, 9.17) is 10.2 Å². The number of thioether (sulfide) groups is 3. The van der Waals surface area contributed by atoms with Crippen LogP contribution in [0.5, 0.6) is 0 Å². The molecule has 0 heterocycles. The van der Waals surface area contributed by atoms with E-state index in [-0.39, 0.29) is 0 Å². The Labute approximate surface area is 144 Å². The van der Waals surface area contributed by atoms with Gasteiger partial charge < -0.3 is 10.2 Å². The molecule has 0 aromatic rings. The maximum Gasteiger partial charge on any atom is 0.0431 e. The number of unbranched alkanes of at least 4 members (excludes halogenated alkanes) is 6. The van der Waals surface area contributed by atoms with Crippen LogP contribution in [-0.4, -0.2) is 57.9 Å². The number of rotatable bonds is 18. The fourth-order valence-corrected chi connectivity index (χ4v) is 5.20. The maximum absolute atomic E-state index is 8.67. The monoisotopic (exact) mass is 354 g/mol. The number of hydrogen-bond donors (Lipinski definition) is 2. The predicted octanol–water partition coefficient (Wildman–Crippen LogP) is 4.29. The minimum absolute atomic E-state index is 0.352. The average Bonchev–Trinajstić information content (AvgIpc) is 2.50. The van der Waals surface area contributed by atoms with Crippen LogP contribution in [0, 0.1) is 0 Å². The topological polar surface area (TPSA) is 40.5 Å². The molecule has 2 nitrogen and oxygen atoms in total. The van der Waals surface area contributed by atoms with E-state index < -0.39 is 0 Å². The average molecular weight is 355 g/mol. The Kier molecular flexibility index (Phi) is 21.9. The SMILES string of the molecule is OCCCCCCSCCSCCSCCCCCCO. The highest BCUT2D eigenvalue weighted by molar-refractivity contribution is 8.04. The third-order valence-electron chi connectivity index (χ3n) is 3.14. The molecule has 128 valence electrons. The van der Waals surface area contributed by atoms with E-state index in [2.05, 4.69) is 35.3 Å². The predicted molar refractivity (Wildman–Crippen MR) is 103 cm³/mol. The molecule has 0 spiro atoms. The van der Waals surface area contributed by atoms with Crippen LogP contribution in [0.25, 0.3) is 0 Å². The fraction of sp³-hybridized carbons (Fsp3) is 1.00. The van der Waals surface area contributed by atoms with E-state index in [0.717, 1.165) is 12.8 Å². The Morgan fingerprint density at radius 1 is 0.381 bits per heavy atom. The lowest BCUT2D eigenvalue weighted by molar-refractivity contribution is 0.282. The van der Waals surface area contributed by atoms with Crippen LogP contribution < -0.4 is 0 Å². The van der Waals surface area contributed by atoms with Crippen LogP contribution in [0.1, 0.15) is 51.4 Å². The van der Waals surface area contributed by atoms with Gasteiger partial charge in [0.2, 0.25) is 0 Å². The summed E-state index contributed by atoms with van der Waals surface area (Å²) in [5.41, 5.74) is 0. The molecule has 0 aliphatic rings. The minimum atomic E-state index is 0.352. The molecule has 0 aromatic carbocycles. The first-order chi connectivity index (χ1) is 10.4. The molecule has 0 bridgehead atoms. The Bertz CT molecular complexity index is 165. The lowest BCUT2D eigenvalue weighted by Gasteiger charge is -2.03. The summed E-state index contributed by atoms with van der Waals surface area (Å²) in [6.07, 6.45) is 9.47. The highest BCUT2D eigenvalue weighted by Gasteiger charge is 1.94. The maximum atomic E-state index is 8.67. The zero-order valence-electron chi connectivity index (χ0n) is 13.4. The van der Waals surface area contributed by atoms with Crippen molar-refractivity contribution >= 4 is 35.3 Å². The van der Waals surface area contributed by atoms with Gasteiger partial charge >= 0.3 is 0 Å². The molecule has 0 atom stereocenters. The van der Waals surface area contributed by atoms with Crippen molar-refractivity contribution in [3.05, 3.63) is 0 Å².